The van der Waals surface area contributed by atoms with Crippen molar-refractivity contribution in [2.75, 3.05) is 19.8 Å². The fourth-order valence-electron chi connectivity index (χ4n) is 4.31. The second kappa shape index (κ2) is 6.53. The van der Waals surface area contributed by atoms with Crippen molar-refractivity contribution in [3.05, 3.63) is 0 Å². The van der Waals surface area contributed by atoms with E-state index >= 15 is 0 Å². The molecule has 0 amide bonds. The van der Waals surface area contributed by atoms with E-state index in [1.165, 1.54) is 12.8 Å². The number of aliphatic hydroxyl groups is 2. The third-order valence-corrected chi connectivity index (χ3v) is 6.56. The highest BCUT2D eigenvalue weighted by Gasteiger charge is 2.61. The van der Waals surface area contributed by atoms with Crippen molar-refractivity contribution in [1.29, 1.82) is 0 Å². The van der Waals surface area contributed by atoms with Crippen LogP contribution in [0.15, 0.2) is 0 Å². The first-order valence-electron chi connectivity index (χ1n) is 8.49. The lowest BCUT2D eigenvalue weighted by Gasteiger charge is -2.39. The molecule has 5 atom stereocenters. The van der Waals surface area contributed by atoms with Crippen LogP contribution in [-0.2, 0) is 4.74 Å². The van der Waals surface area contributed by atoms with Crippen LogP contribution in [-0.4, -0.2) is 48.2 Å². The molecule has 0 aromatic carbocycles. The van der Waals surface area contributed by atoms with Crippen molar-refractivity contribution in [2.24, 2.45) is 16.7 Å². The number of aliphatic hydroxyl groups excluding tert-OH is 2. The third-order valence-electron chi connectivity index (χ3n) is 6.56. The molecule has 0 spiro atoms. The minimum absolute atomic E-state index is 0.0681. The Morgan fingerprint density at radius 3 is 2.52 bits per heavy atom. The van der Waals surface area contributed by atoms with Gasteiger partial charge in [-0.1, -0.05) is 27.7 Å². The number of ether oxygens (including phenoxy) is 1. The topological polar surface area (TPSA) is 61.7 Å². The predicted molar refractivity (Wildman–Crippen MR) is 84.1 cm³/mol. The summed E-state index contributed by atoms with van der Waals surface area (Å²) in [4.78, 5) is 0. The standard InChI is InChI=1S/C17H33NO3/c1-5-13(10-19)18-9-14(20)11-21-15-8-12-6-7-17(15,4)16(12,2)3/h12-15,18-20H,5-11H2,1-4H3/t12-,13-,14+,15-,17-/m1/s1. The highest BCUT2D eigenvalue weighted by Crippen LogP contribution is 2.66. The van der Waals surface area contributed by atoms with Crippen molar-refractivity contribution in [2.45, 2.75) is 71.6 Å². The Morgan fingerprint density at radius 1 is 1.33 bits per heavy atom. The first kappa shape index (κ1) is 17.2. The Bertz CT molecular complexity index is 343. The second-order valence-electron chi connectivity index (χ2n) is 7.78. The quantitative estimate of drug-likeness (QED) is 0.641. The SMILES string of the molecule is CC[C@H](CO)NC[C@H](O)CO[C@@H]1C[C@H]2CC[C@@]1(C)C2(C)C. The second-order valence-corrected chi connectivity index (χ2v) is 7.78. The van der Waals surface area contributed by atoms with Crippen LogP contribution in [0.4, 0.5) is 0 Å². The van der Waals surface area contributed by atoms with E-state index in [0.29, 0.717) is 18.6 Å². The van der Waals surface area contributed by atoms with Crippen LogP contribution >= 0.6 is 0 Å². The maximum absolute atomic E-state index is 10.1. The molecule has 124 valence electrons. The fraction of sp³-hybridized carbons (Fsp3) is 1.00. The van der Waals surface area contributed by atoms with Gasteiger partial charge in [0.1, 0.15) is 0 Å². The summed E-state index contributed by atoms with van der Waals surface area (Å²) in [7, 11) is 0. The van der Waals surface area contributed by atoms with Gasteiger partial charge in [-0.05, 0) is 42.4 Å². The van der Waals surface area contributed by atoms with E-state index in [2.05, 4.69) is 26.1 Å². The monoisotopic (exact) mass is 299 g/mol. The van der Waals surface area contributed by atoms with Gasteiger partial charge in [-0.15, -0.1) is 0 Å². The normalized spacial score (nSPS) is 36.9. The molecule has 2 aliphatic carbocycles. The first-order chi connectivity index (χ1) is 9.85. The Kier molecular flexibility index (Phi) is 5.35. The van der Waals surface area contributed by atoms with Gasteiger partial charge in [-0.2, -0.15) is 0 Å². The molecule has 0 heterocycles. The van der Waals surface area contributed by atoms with Crippen LogP contribution in [0.2, 0.25) is 0 Å². The van der Waals surface area contributed by atoms with Gasteiger partial charge in [0.05, 0.1) is 25.4 Å². The molecular formula is C17H33NO3. The lowest BCUT2D eigenvalue weighted by molar-refractivity contribution is -0.0746. The molecular weight excluding hydrogens is 266 g/mol. The molecule has 4 heteroatoms. The van der Waals surface area contributed by atoms with E-state index in [9.17, 15) is 5.11 Å². The molecule has 2 fully saturated rings. The smallest absolute Gasteiger partial charge is 0.0897 e. The molecule has 0 saturated heterocycles. The van der Waals surface area contributed by atoms with E-state index in [-0.39, 0.29) is 24.2 Å². The average molecular weight is 299 g/mol. The molecule has 2 rings (SSSR count). The molecule has 0 aliphatic heterocycles. The summed E-state index contributed by atoms with van der Waals surface area (Å²) in [5.41, 5.74) is 0.604. The lowest BCUT2D eigenvalue weighted by Crippen LogP contribution is -2.42. The van der Waals surface area contributed by atoms with E-state index in [1.807, 2.05) is 6.92 Å². The maximum atomic E-state index is 10.1. The highest BCUT2D eigenvalue weighted by atomic mass is 16.5. The number of hydrogen-bond donors (Lipinski definition) is 3. The number of fused-ring (bicyclic) bond motifs is 2. The summed E-state index contributed by atoms with van der Waals surface area (Å²) in [5.74, 6) is 0.765. The zero-order chi connectivity index (χ0) is 15.7. The Hall–Kier alpha value is -0.160. The largest absolute Gasteiger partial charge is 0.395 e. The van der Waals surface area contributed by atoms with Gasteiger partial charge in [0, 0.05) is 12.6 Å². The Labute approximate surface area is 129 Å². The summed E-state index contributed by atoms with van der Waals surface area (Å²) in [6.07, 6.45) is 4.34. The molecule has 21 heavy (non-hydrogen) atoms. The lowest BCUT2D eigenvalue weighted by atomic mass is 9.70. The summed E-state index contributed by atoms with van der Waals surface area (Å²) < 4.78 is 6.08. The van der Waals surface area contributed by atoms with Gasteiger partial charge < -0.3 is 20.3 Å². The minimum atomic E-state index is -0.503. The molecule has 2 bridgehead atoms. The van der Waals surface area contributed by atoms with Crippen LogP contribution in [0.25, 0.3) is 0 Å². The van der Waals surface area contributed by atoms with Crippen LogP contribution in [0, 0.1) is 16.7 Å². The molecule has 0 radical (unpaired) electrons. The minimum Gasteiger partial charge on any atom is -0.395 e. The first-order valence-corrected chi connectivity index (χ1v) is 8.49. The van der Waals surface area contributed by atoms with Gasteiger partial charge in [0.15, 0.2) is 0 Å². The fourth-order valence-corrected chi connectivity index (χ4v) is 4.31. The van der Waals surface area contributed by atoms with Crippen molar-refractivity contribution < 1.29 is 14.9 Å². The predicted octanol–water partition coefficient (Wildman–Crippen LogP) is 1.94. The molecule has 4 nitrogen and oxygen atoms in total. The number of hydrogen-bond acceptors (Lipinski definition) is 4. The molecule has 0 unspecified atom stereocenters. The summed E-state index contributed by atoms with van der Waals surface area (Å²) in [5, 5.41) is 22.4. The maximum Gasteiger partial charge on any atom is 0.0897 e. The molecule has 0 aromatic rings. The van der Waals surface area contributed by atoms with Crippen LogP contribution in [0.5, 0.6) is 0 Å². The zero-order valence-electron chi connectivity index (χ0n) is 14.1. The van der Waals surface area contributed by atoms with Gasteiger partial charge in [-0.3, -0.25) is 0 Å². The van der Waals surface area contributed by atoms with Gasteiger partial charge in [0.2, 0.25) is 0 Å². The van der Waals surface area contributed by atoms with E-state index < -0.39 is 6.10 Å². The van der Waals surface area contributed by atoms with Crippen molar-refractivity contribution in [3.63, 3.8) is 0 Å². The summed E-state index contributed by atoms with van der Waals surface area (Å²) in [6.45, 7) is 10.1. The number of rotatable bonds is 8. The van der Waals surface area contributed by atoms with Gasteiger partial charge >= 0.3 is 0 Å². The number of nitrogens with one attached hydrogen (secondary N) is 1. The molecule has 2 aliphatic rings. The Morgan fingerprint density at radius 2 is 2.05 bits per heavy atom. The van der Waals surface area contributed by atoms with Gasteiger partial charge in [0.25, 0.3) is 0 Å². The highest BCUT2D eigenvalue weighted by molar-refractivity contribution is 5.11. The van der Waals surface area contributed by atoms with Crippen molar-refractivity contribution >= 4 is 0 Å². The van der Waals surface area contributed by atoms with Crippen molar-refractivity contribution in [3.8, 4) is 0 Å². The molecule has 0 aromatic heterocycles. The summed E-state index contributed by atoms with van der Waals surface area (Å²) in [6, 6.07) is 0.0681. The Balaban J connectivity index is 1.77. The van der Waals surface area contributed by atoms with E-state index in [4.69, 9.17) is 9.84 Å². The molecule has 3 N–H and O–H groups in total. The van der Waals surface area contributed by atoms with E-state index in [0.717, 1.165) is 18.8 Å². The van der Waals surface area contributed by atoms with Gasteiger partial charge in [-0.25, -0.2) is 0 Å². The van der Waals surface area contributed by atoms with Crippen molar-refractivity contribution in [1.82, 2.24) is 5.32 Å². The third kappa shape index (κ3) is 3.14. The van der Waals surface area contributed by atoms with Crippen LogP contribution in [0.3, 0.4) is 0 Å². The zero-order valence-corrected chi connectivity index (χ0v) is 14.1. The molecule has 2 saturated carbocycles. The van der Waals surface area contributed by atoms with Crippen LogP contribution in [0.1, 0.15) is 53.4 Å². The average Bonchev–Trinajstić information content (AvgIpc) is 2.79. The summed E-state index contributed by atoms with van der Waals surface area (Å²) >= 11 is 0. The van der Waals surface area contributed by atoms with E-state index in [1.54, 1.807) is 0 Å². The van der Waals surface area contributed by atoms with Crippen LogP contribution < -0.4 is 5.32 Å².